The summed E-state index contributed by atoms with van der Waals surface area (Å²) in [4.78, 5) is 19.8. The number of rotatable bonds is 5. The molecule has 2 aliphatic rings. The fourth-order valence-corrected chi connectivity index (χ4v) is 3.42. The number of carbonyl (C=O) groups is 1. The number of nitrogens with zero attached hydrogens (tertiary/aromatic N) is 3. The van der Waals surface area contributed by atoms with Gasteiger partial charge in [0.2, 0.25) is 0 Å². The number of anilines is 2. The van der Waals surface area contributed by atoms with Gasteiger partial charge in [0.05, 0.1) is 37.7 Å². The molecule has 0 aromatic heterocycles. The van der Waals surface area contributed by atoms with Crippen LogP contribution in [0, 0.1) is 5.82 Å². The van der Waals surface area contributed by atoms with Crippen molar-refractivity contribution in [1.82, 2.24) is 0 Å². The van der Waals surface area contributed by atoms with Crippen LogP contribution in [0.3, 0.4) is 0 Å². The summed E-state index contributed by atoms with van der Waals surface area (Å²) in [7, 11) is 0. The molecule has 2 aromatic carbocycles. The number of phenolic OH excluding ortho intramolecular Hbond substituents is 1. The zero-order valence-electron chi connectivity index (χ0n) is 15.8. The van der Waals surface area contributed by atoms with Gasteiger partial charge in [-0.25, -0.2) is 9.18 Å². The molecule has 0 radical (unpaired) electrons. The Balaban J connectivity index is 1.40. The molecule has 2 heterocycles. The molecule has 2 aromatic rings. The summed E-state index contributed by atoms with van der Waals surface area (Å²) in [5.74, 6) is -0.240. The van der Waals surface area contributed by atoms with Gasteiger partial charge in [-0.2, -0.15) is 0 Å². The van der Waals surface area contributed by atoms with Crippen molar-refractivity contribution < 1.29 is 23.8 Å². The number of cyclic esters (lactones) is 1. The van der Waals surface area contributed by atoms with Crippen molar-refractivity contribution in [2.45, 2.75) is 6.10 Å². The van der Waals surface area contributed by atoms with Gasteiger partial charge in [0, 0.05) is 24.9 Å². The molecule has 0 spiro atoms. The third-order valence-electron chi connectivity index (χ3n) is 4.94. The van der Waals surface area contributed by atoms with Crippen molar-refractivity contribution in [1.29, 1.82) is 0 Å². The predicted octanol–water partition coefficient (Wildman–Crippen LogP) is 2.81. The maximum atomic E-state index is 14.6. The van der Waals surface area contributed by atoms with E-state index >= 15 is 0 Å². The minimum atomic E-state index is -0.522. The molecular weight excluding hydrogens is 377 g/mol. The van der Waals surface area contributed by atoms with Crippen molar-refractivity contribution >= 4 is 23.7 Å². The number of carbonyl (C=O) groups excluding carboxylic acids is 1. The van der Waals surface area contributed by atoms with Crippen LogP contribution in [-0.4, -0.2) is 62.9 Å². The molecule has 2 fully saturated rings. The Morgan fingerprint density at radius 3 is 2.76 bits per heavy atom. The largest absolute Gasteiger partial charge is 0.507 e. The summed E-state index contributed by atoms with van der Waals surface area (Å²) >= 11 is 0. The summed E-state index contributed by atoms with van der Waals surface area (Å²) in [6.07, 6.45) is 0.584. The molecular formula is C21H22FN3O4. The average Bonchev–Trinajstić information content (AvgIpc) is 3.10. The van der Waals surface area contributed by atoms with Crippen molar-refractivity contribution in [3.8, 4) is 5.75 Å². The minimum Gasteiger partial charge on any atom is -0.507 e. The van der Waals surface area contributed by atoms with E-state index in [1.165, 1.54) is 11.0 Å². The number of aromatic hydroxyl groups is 1. The van der Waals surface area contributed by atoms with E-state index in [1.807, 2.05) is 4.90 Å². The molecule has 0 saturated carbocycles. The van der Waals surface area contributed by atoms with Gasteiger partial charge in [-0.1, -0.05) is 12.1 Å². The van der Waals surface area contributed by atoms with Crippen LogP contribution in [-0.2, 0) is 9.47 Å². The molecule has 152 valence electrons. The molecule has 0 aliphatic carbocycles. The fraction of sp³-hybridized carbons (Fsp3) is 0.333. The van der Waals surface area contributed by atoms with Crippen LogP contribution in [0.15, 0.2) is 47.5 Å². The quantitative estimate of drug-likeness (QED) is 0.783. The molecule has 0 bridgehead atoms. The summed E-state index contributed by atoms with van der Waals surface area (Å²) in [5, 5.41) is 9.75. The predicted molar refractivity (Wildman–Crippen MR) is 108 cm³/mol. The Morgan fingerprint density at radius 1 is 1.21 bits per heavy atom. The highest BCUT2D eigenvalue weighted by Gasteiger charge is 2.32. The molecule has 8 heteroatoms. The first kappa shape index (κ1) is 19.2. The lowest BCUT2D eigenvalue weighted by Gasteiger charge is -2.29. The van der Waals surface area contributed by atoms with E-state index in [1.54, 1.807) is 42.6 Å². The monoisotopic (exact) mass is 399 g/mol. The molecule has 29 heavy (non-hydrogen) atoms. The van der Waals surface area contributed by atoms with E-state index in [0.717, 1.165) is 0 Å². The molecule has 0 unspecified atom stereocenters. The normalized spacial score (nSPS) is 19.8. The lowest BCUT2D eigenvalue weighted by Crippen LogP contribution is -2.36. The molecule has 7 nitrogen and oxygen atoms in total. The number of hydrogen-bond donors (Lipinski definition) is 1. The number of ether oxygens (including phenoxy) is 2. The van der Waals surface area contributed by atoms with Crippen molar-refractivity contribution in [2.75, 3.05) is 49.2 Å². The first-order valence-electron chi connectivity index (χ1n) is 9.50. The lowest BCUT2D eigenvalue weighted by molar-refractivity contribution is 0.122. The summed E-state index contributed by atoms with van der Waals surface area (Å²) in [5.41, 5.74) is 1.56. The first-order chi connectivity index (χ1) is 14.1. The molecule has 2 aliphatic heterocycles. The number of hydrogen-bond acceptors (Lipinski definition) is 6. The molecule has 1 amide bonds. The highest BCUT2D eigenvalue weighted by molar-refractivity contribution is 5.90. The van der Waals surface area contributed by atoms with Crippen LogP contribution in [0.25, 0.3) is 0 Å². The third kappa shape index (κ3) is 4.32. The maximum absolute atomic E-state index is 14.6. The van der Waals surface area contributed by atoms with Gasteiger partial charge in [0.25, 0.3) is 0 Å². The van der Waals surface area contributed by atoms with Gasteiger partial charge in [-0.05, 0) is 30.3 Å². The van der Waals surface area contributed by atoms with Gasteiger partial charge in [0.1, 0.15) is 17.7 Å². The Morgan fingerprint density at radius 2 is 2.00 bits per heavy atom. The Kier molecular flexibility index (Phi) is 5.62. The van der Waals surface area contributed by atoms with E-state index in [4.69, 9.17) is 9.47 Å². The first-order valence-corrected chi connectivity index (χ1v) is 9.50. The van der Waals surface area contributed by atoms with E-state index < -0.39 is 12.2 Å². The topological polar surface area (TPSA) is 74.6 Å². The zero-order valence-corrected chi connectivity index (χ0v) is 15.8. The third-order valence-corrected chi connectivity index (χ3v) is 4.94. The zero-order chi connectivity index (χ0) is 20.2. The number of morpholine rings is 1. The average molecular weight is 399 g/mol. The fourth-order valence-electron chi connectivity index (χ4n) is 3.42. The number of aliphatic imine (C=N–C) groups is 1. The van der Waals surface area contributed by atoms with Gasteiger partial charge < -0.3 is 19.5 Å². The Bertz CT molecular complexity index is 915. The van der Waals surface area contributed by atoms with E-state index in [2.05, 4.69) is 4.99 Å². The molecule has 1 atom stereocenters. The second-order valence-corrected chi connectivity index (χ2v) is 6.90. The summed E-state index contributed by atoms with van der Waals surface area (Å²) in [6, 6.07) is 11.6. The van der Waals surface area contributed by atoms with E-state index in [-0.39, 0.29) is 24.7 Å². The second-order valence-electron chi connectivity index (χ2n) is 6.90. The van der Waals surface area contributed by atoms with Crippen molar-refractivity contribution in [2.24, 2.45) is 4.99 Å². The van der Waals surface area contributed by atoms with Gasteiger partial charge in [0.15, 0.2) is 0 Å². The SMILES string of the molecule is O=C1O[C@@H](C/N=C/c2ccccc2O)CN1c1ccc(N2CCOCC2)c(F)c1. The van der Waals surface area contributed by atoms with E-state index in [9.17, 15) is 14.3 Å². The maximum Gasteiger partial charge on any atom is 0.414 e. The van der Waals surface area contributed by atoms with Gasteiger partial charge in [-0.15, -0.1) is 0 Å². The molecule has 4 rings (SSSR count). The number of halogens is 1. The summed E-state index contributed by atoms with van der Waals surface area (Å²) < 4.78 is 25.3. The highest BCUT2D eigenvalue weighted by atomic mass is 19.1. The number of phenols is 1. The molecule has 1 N–H and O–H groups in total. The smallest absolute Gasteiger partial charge is 0.414 e. The molecule has 2 saturated heterocycles. The minimum absolute atomic E-state index is 0.136. The van der Waals surface area contributed by atoms with Crippen LogP contribution < -0.4 is 9.80 Å². The van der Waals surface area contributed by atoms with Crippen LogP contribution in [0.4, 0.5) is 20.6 Å². The van der Waals surface area contributed by atoms with Gasteiger partial charge in [-0.3, -0.25) is 9.89 Å². The van der Waals surface area contributed by atoms with Crippen LogP contribution >= 0.6 is 0 Å². The number of para-hydroxylation sites is 1. The summed E-state index contributed by atoms with van der Waals surface area (Å²) in [6.45, 7) is 2.96. The second kappa shape index (κ2) is 8.48. The van der Waals surface area contributed by atoms with Crippen LogP contribution in [0.5, 0.6) is 5.75 Å². The van der Waals surface area contributed by atoms with Crippen LogP contribution in [0.2, 0.25) is 0 Å². The van der Waals surface area contributed by atoms with Crippen molar-refractivity contribution in [3.63, 3.8) is 0 Å². The highest BCUT2D eigenvalue weighted by Crippen LogP contribution is 2.28. The standard InChI is InChI=1S/C21H22FN3O4/c22-18-11-16(5-6-19(18)24-7-9-28-10-8-24)25-14-17(29-21(25)27)13-23-12-15-3-1-2-4-20(15)26/h1-6,11-12,17,26H,7-10,13-14H2/b23-12+/t17-/m0/s1. The van der Waals surface area contributed by atoms with Gasteiger partial charge >= 0.3 is 6.09 Å². The number of amides is 1. The number of benzene rings is 2. The van der Waals surface area contributed by atoms with E-state index in [0.29, 0.717) is 43.2 Å². The lowest BCUT2D eigenvalue weighted by atomic mass is 10.2. The Hall–Kier alpha value is -3.13. The Labute approximate surface area is 168 Å². The van der Waals surface area contributed by atoms with Crippen LogP contribution in [0.1, 0.15) is 5.56 Å². The van der Waals surface area contributed by atoms with Crippen molar-refractivity contribution in [3.05, 3.63) is 53.8 Å².